The van der Waals surface area contributed by atoms with E-state index in [0.29, 0.717) is 23.8 Å². The second-order valence-electron chi connectivity index (χ2n) is 5.49. The van der Waals surface area contributed by atoms with Crippen LogP contribution in [0.3, 0.4) is 0 Å². The average molecular weight is 342 g/mol. The maximum Gasteiger partial charge on any atom is 0.338 e. The number of thiocarbonyl (C=S) groups is 1. The molecule has 5 heteroatoms. The molecule has 0 aliphatic rings. The minimum absolute atomic E-state index is 0.322. The maximum atomic E-state index is 11.9. The predicted molar refractivity (Wildman–Crippen MR) is 101 cm³/mol. The Morgan fingerprint density at radius 3 is 2.50 bits per heavy atom. The van der Waals surface area contributed by atoms with E-state index in [0.717, 1.165) is 16.8 Å². The number of carbonyl (C=O) groups excluding carboxylic acids is 1. The van der Waals surface area contributed by atoms with Gasteiger partial charge in [-0.15, -0.1) is 0 Å². The molecule has 126 valence electrons. The molecule has 0 aliphatic heterocycles. The highest BCUT2D eigenvalue weighted by molar-refractivity contribution is 7.80. The first-order chi connectivity index (χ1) is 11.5. The Morgan fingerprint density at radius 1 is 1.12 bits per heavy atom. The minimum atomic E-state index is -0.322. The molecule has 0 fully saturated rings. The fourth-order valence-corrected chi connectivity index (χ4v) is 2.44. The van der Waals surface area contributed by atoms with Crippen LogP contribution in [0, 0.1) is 13.8 Å². The Hall–Kier alpha value is -2.40. The third kappa shape index (κ3) is 4.80. The summed E-state index contributed by atoms with van der Waals surface area (Å²) >= 11 is 5.34. The van der Waals surface area contributed by atoms with Gasteiger partial charge < -0.3 is 15.4 Å². The zero-order valence-electron chi connectivity index (χ0n) is 14.2. The van der Waals surface area contributed by atoms with E-state index < -0.39 is 0 Å². The number of nitrogens with one attached hydrogen (secondary N) is 2. The van der Waals surface area contributed by atoms with E-state index in [9.17, 15) is 4.79 Å². The molecule has 2 N–H and O–H groups in total. The van der Waals surface area contributed by atoms with E-state index in [4.69, 9.17) is 17.0 Å². The topological polar surface area (TPSA) is 50.4 Å². The van der Waals surface area contributed by atoms with Crippen molar-refractivity contribution < 1.29 is 9.53 Å². The van der Waals surface area contributed by atoms with Crippen LogP contribution in [0.2, 0.25) is 0 Å². The van der Waals surface area contributed by atoms with Crippen LogP contribution in [-0.2, 0) is 11.3 Å². The molecule has 2 aromatic rings. The maximum absolute atomic E-state index is 11.9. The Bertz CT molecular complexity index is 727. The molecule has 2 aromatic carbocycles. The average Bonchev–Trinajstić information content (AvgIpc) is 2.56. The van der Waals surface area contributed by atoms with Gasteiger partial charge in [-0.2, -0.15) is 0 Å². The summed E-state index contributed by atoms with van der Waals surface area (Å²) in [4.78, 5) is 11.9. The molecule has 0 amide bonds. The third-order valence-electron chi connectivity index (χ3n) is 3.65. The Morgan fingerprint density at radius 2 is 1.83 bits per heavy atom. The van der Waals surface area contributed by atoms with Crippen LogP contribution in [0.4, 0.5) is 5.69 Å². The molecule has 0 aromatic heterocycles. The van der Waals surface area contributed by atoms with Crippen LogP contribution in [0.25, 0.3) is 0 Å². The highest BCUT2D eigenvalue weighted by Gasteiger charge is 2.13. The lowest BCUT2D eigenvalue weighted by molar-refractivity contribution is 0.0525. The highest BCUT2D eigenvalue weighted by Crippen LogP contribution is 2.19. The number of anilines is 1. The SMILES string of the molecule is CCOC(=O)c1cccc(NC(=S)NCc2ccc(C)cc2)c1C. The van der Waals surface area contributed by atoms with Gasteiger partial charge >= 0.3 is 5.97 Å². The van der Waals surface area contributed by atoms with Crippen LogP contribution in [-0.4, -0.2) is 17.7 Å². The quantitative estimate of drug-likeness (QED) is 0.636. The summed E-state index contributed by atoms with van der Waals surface area (Å²) in [6.45, 7) is 6.72. The number of rotatable bonds is 5. The van der Waals surface area contributed by atoms with Crippen LogP contribution in [0.15, 0.2) is 42.5 Å². The molecule has 0 bridgehead atoms. The van der Waals surface area contributed by atoms with Crippen molar-refractivity contribution in [3.05, 3.63) is 64.7 Å². The summed E-state index contributed by atoms with van der Waals surface area (Å²) in [6, 6.07) is 13.7. The van der Waals surface area contributed by atoms with Crippen molar-refractivity contribution in [2.45, 2.75) is 27.3 Å². The fraction of sp³-hybridized carbons (Fsp3) is 0.263. The van der Waals surface area contributed by atoms with Gasteiger partial charge in [-0.1, -0.05) is 35.9 Å². The number of hydrogen-bond acceptors (Lipinski definition) is 3. The molecule has 0 saturated heterocycles. The summed E-state index contributed by atoms with van der Waals surface area (Å²) in [6.07, 6.45) is 0. The van der Waals surface area contributed by atoms with Crippen LogP contribution < -0.4 is 10.6 Å². The van der Waals surface area contributed by atoms with Crippen molar-refractivity contribution in [2.75, 3.05) is 11.9 Å². The first-order valence-electron chi connectivity index (χ1n) is 7.88. The Kier molecular flexibility index (Phi) is 6.32. The van der Waals surface area contributed by atoms with Crippen molar-refractivity contribution in [2.24, 2.45) is 0 Å². The Labute approximate surface area is 148 Å². The Balaban J connectivity index is 1.99. The monoisotopic (exact) mass is 342 g/mol. The minimum Gasteiger partial charge on any atom is -0.462 e. The van der Waals surface area contributed by atoms with Gasteiger partial charge in [-0.25, -0.2) is 4.79 Å². The molecule has 0 spiro atoms. The van der Waals surface area contributed by atoms with Crippen molar-refractivity contribution in [1.29, 1.82) is 0 Å². The molecule has 0 unspecified atom stereocenters. The predicted octanol–water partition coefficient (Wildman–Crippen LogP) is 3.97. The summed E-state index contributed by atoms with van der Waals surface area (Å²) in [5.74, 6) is -0.322. The lowest BCUT2D eigenvalue weighted by atomic mass is 10.1. The van der Waals surface area contributed by atoms with Gasteiger partial charge in [0.15, 0.2) is 5.11 Å². The van der Waals surface area contributed by atoms with E-state index in [1.807, 2.05) is 19.1 Å². The van der Waals surface area contributed by atoms with Gasteiger partial charge in [0.25, 0.3) is 0 Å². The smallest absolute Gasteiger partial charge is 0.338 e. The molecule has 0 atom stereocenters. The number of benzene rings is 2. The van der Waals surface area contributed by atoms with Gasteiger partial charge in [0.05, 0.1) is 12.2 Å². The molecular formula is C19H22N2O2S. The van der Waals surface area contributed by atoms with Crippen LogP contribution >= 0.6 is 12.2 Å². The second kappa shape index (κ2) is 8.45. The summed E-state index contributed by atoms with van der Waals surface area (Å²) in [5.41, 5.74) is 4.54. The summed E-state index contributed by atoms with van der Waals surface area (Å²) in [7, 11) is 0. The van der Waals surface area contributed by atoms with E-state index in [1.165, 1.54) is 5.56 Å². The first kappa shape index (κ1) is 17.9. The van der Waals surface area contributed by atoms with Gasteiger partial charge in [-0.3, -0.25) is 0 Å². The van der Waals surface area contributed by atoms with Crippen LogP contribution in [0.5, 0.6) is 0 Å². The van der Waals surface area contributed by atoms with E-state index in [2.05, 4.69) is 41.8 Å². The molecule has 0 saturated carbocycles. The zero-order valence-corrected chi connectivity index (χ0v) is 15.0. The van der Waals surface area contributed by atoms with Gasteiger partial charge in [0.1, 0.15) is 0 Å². The van der Waals surface area contributed by atoms with E-state index >= 15 is 0 Å². The van der Waals surface area contributed by atoms with E-state index in [-0.39, 0.29) is 5.97 Å². The molecule has 2 rings (SSSR count). The number of hydrogen-bond donors (Lipinski definition) is 2. The van der Waals surface area contributed by atoms with Crippen molar-refractivity contribution in [3.8, 4) is 0 Å². The lowest BCUT2D eigenvalue weighted by Gasteiger charge is -2.14. The lowest BCUT2D eigenvalue weighted by Crippen LogP contribution is -2.28. The molecule has 24 heavy (non-hydrogen) atoms. The fourth-order valence-electron chi connectivity index (χ4n) is 2.26. The standard InChI is InChI=1S/C19H22N2O2S/c1-4-23-18(22)16-6-5-7-17(14(16)3)21-19(24)20-12-15-10-8-13(2)9-11-15/h5-11H,4,12H2,1-3H3,(H2,20,21,24). The molecule has 0 aliphatic carbocycles. The summed E-state index contributed by atoms with van der Waals surface area (Å²) in [5, 5.41) is 6.83. The number of ether oxygens (including phenoxy) is 1. The van der Waals surface area contributed by atoms with Crippen molar-refractivity contribution in [1.82, 2.24) is 5.32 Å². The molecule has 0 radical (unpaired) electrons. The van der Waals surface area contributed by atoms with Gasteiger partial charge in [0.2, 0.25) is 0 Å². The number of aryl methyl sites for hydroxylation is 1. The third-order valence-corrected chi connectivity index (χ3v) is 3.90. The molecule has 0 heterocycles. The number of carbonyl (C=O) groups is 1. The van der Waals surface area contributed by atoms with Crippen molar-refractivity contribution >= 4 is 29.0 Å². The van der Waals surface area contributed by atoms with Crippen LogP contribution in [0.1, 0.15) is 34.0 Å². The van der Waals surface area contributed by atoms with Gasteiger partial charge in [-0.05, 0) is 56.2 Å². The van der Waals surface area contributed by atoms with Crippen molar-refractivity contribution in [3.63, 3.8) is 0 Å². The summed E-state index contributed by atoms with van der Waals surface area (Å²) < 4.78 is 5.07. The number of esters is 1. The normalized spacial score (nSPS) is 10.1. The largest absolute Gasteiger partial charge is 0.462 e. The first-order valence-corrected chi connectivity index (χ1v) is 8.29. The van der Waals surface area contributed by atoms with E-state index in [1.54, 1.807) is 13.0 Å². The second-order valence-corrected chi connectivity index (χ2v) is 5.90. The highest BCUT2D eigenvalue weighted by atomic mass is 32.1. The molecule has 4 nitrogen and oxygen atoms in total. The van der Waals surface area contributed by atoms with Gasteiger partial charge in [0, 0.05) is 12.2 Å². The zero-order chi connectivity index (χ0) is 17.5. The molecular weight excluding hydrogens is 320 g/mol.